The Bertz CT molecular complexity index is 355. The Morgan fingerprint density at radius 1 is 1.11 bits per heavy atom. The summed E-state index contributed by atoms with van der Waals surface area (Å²) in [5, 5.41) is 0. The van der Waals surface area contributed by atoms with E-state index in [1.807, 2.05) is 0 Å². The molecule has 0 bridgehead atoms. The van der Waals surface area contributed by atoms with E-state index in [-0.39, 0.29) is 0 Å². The number of rotatable bonds is 6. The Morgan fingerprint density at radius 3 is 2.37 bits per heavy atom. The summed E-state index contributed by atoms with van der Waals surface area (Å²) < 4.78 is 0. The van der Waals surface area contributed by atoms with Crippen molar-refractivity contribution < 1.29 is 0 Å². The molecule has 0 aliphatic heterocycles. The van der Waals surface area contributed by atoms with Crippen molar-refractivity contribution in [3.63, 3.8) is 0 Å². The Kier molecular flexibility index (Phi) is 5.26. The van der Waals surface area contributed by atoms with Gasteiger partial charge in [-0.15, -0.1) is 0 Å². The van der Waals surface area contributed by atoms with E-state index in [1.165, 1.54) is 44.2 Å². The van der Waals surface area contributed by atoms with E-state index < -0.39 is 0 Å². The van der Waals surface area contributed by atoms with Crippen LogP contribution in [0, 0.1) is 5.41 Å². The molecule has 19 heavy (non-hydrogen) atoms. The molecule has 2 nitrogen and oxygen atoms in total. The molecule has 0 spiro atoms. The fraction of sp³-hybridized carbons (Fsp3) is 0.647. The number of anilines is 1. The van der Waals surface area contributed by atoms with Crippen LogP contribution in [0.3, 0.4) is 0 Å². The van der Waals surface area contributed by atoms with Crippen LogP contribution in [0.2, 0.25) is 0 Å². The maximum Gasteiger partial charge on any atom is 0.0366 e. The minimum atomic E-state index is 0.417. The largest absolute Gasteiger partial charge is 0.372 e. The lowest BCUT2D eigenvalue weighted by Gasteiger charge is -2.38. The van der Waals surface area contributed by atoms with Crippen molar-refractivity contribution in [2.24, 2.45) is 11.1 Å². The van der Waals surface area contributed by atoms with E-state index in [0.717, 1.165) is 19.6 Å². The third-order valence-corrected chi connectivity index (χ3v) is 4.76. The highest BCUT2D eigenvalue weighted by Crippen LogP contribution is 2.38. The quantitative estimate of drug-likeness (QED) is 0.842. The molecular weight excluding hydrogens is 232 g/mol. The summed E-state index contributed by atoms with van der Waals surface area (Å²) in [5.74, 6) is 0. The highest BCUT2D eigenvalue weighted by molar-refractivity contribution is 5.45. The van der Waals surface area contributed by atoms with E-state index >= 15 is 0 Å². The van der Waals surface area contributed by atoms with Crippen molar-refractivity contribution in [3.8, 4) is 0 Å². The summed E-state index contributed by atoms with van der Waals surface area (Å²) in [6.45, 7) is 5.31. The van der Waals surface area contributed by atoms with Gasteiger partial charge in [-0.2, -0.15) is 0 Å². The first kappa shape index (κ1) is 14.4. The first-order valence-corrected chi connectivity index (χ1v) is 7.80. The molecule has 0 amide bonds. The third kappa shape index (κ3) is 3.73. The summed E-state index contributed by atoms with van der Waals surface area (Å²) in [7, 11) is 0. The Morgan fingerprint density at radius 2 is 1.79 bits per heavy atom. The second-order valence-corrected chi connectivity index (χ2v) is 5.93. The Labute approximate surface area is 118 Å². The van der Waals surface area contributed by atoms with E-state index in [0.29, 0.717) is 5.41 Å². The van der Waals surface area contributed by atoms with Gasteiger partial charge in [0.2, 0.25) is 0 Å². The van der Waals surface area contributed by atoms with Gasteiger partial charge < -0.3 is 10.6 Å². The predicted octanol–water partition coefficient (Wildman–Crippen LogP) is 3.81. The minimum Gasteiger partial charge on any atom is -0.372 e. The molecule has 106 valence electrons. The van der Waals surface area contributed by atoms with Crippen LogP contribution >= 0.6 is 0 Å². The predicted molar refractivity (Wildman–Crippen MR) is 83.5 cm³/mol. The molecule has 1 aromatic rings. The molecule has 0 heterocycles. The fourth-order valence-electron chi connectivity index (χ4n) is 3.34. The van der Waals surface area contributed by atoms with Crippen LogP contribution in [-0.4, -0.2) is 19.6 Å². The molecule has 2 heteroatoms. The molecule has 2 N–H and O–H groups in total. The van der Waals surface area contributed by atoms with Gasteiger partial charge in [0.05, 0.1) is 0 Å². The molecule has 0 saturated heterocycles. The number of nitrogens with zero attached hydrogens (tertiary/aromatic N) is 1. The number of benzene rings is 1. The van der Waals surface area contributed by atoms with Crippen LogP contribution in [0.25, 0.3) is 0 Å². The van der Waals surface area contributed by atoms with Crippen molar-refractivity contribution >= 4 is 5.69 Å². The third-order valence-electron chi connectivity index (χ3n) is 4.76. The second kappa shape index (κ2) is 6.95. The maximum absolute atomic E-state index is 6.09. The van der Waals surface area contributed by atoms with Crippen LogP contribution < -0.4 is 10.6 Å². The minimum absolute atomic E-state index is 0.417. The molecule has 1 fully saturated rings. The Balaban J connectivity index is 1.95. The van der Waals surface area contributed by atoms with E-state index in [9.17, 15) is 0 Å². The molecule has 0 aromatic heterocycles. The van der Waals surface area contributed by atoms with Gasteiger partial charge in [-0.05, 0) is 50.3 Å². The van der Waals surface area contributed by atoms with E-state index in [2.05, 4.69) is 42.2 Å². The van der Waals surface area contributed by atoms with Crippen LogP contribution in [0.15, 0.2) is 30.3 Å². The molecule has 0 radical (unpaired) electrons. The topological polar surface area (TPSA) is 29.3 Å². The van der Waals surface area contributed by atoms with Gasteiger partial charge >= 0.3 is 0 Å². The molecule has 1 saturated carbocycles. The molecule has 2 rings (SSSR count). The van der Waals surface area contributed by atoms with Crippen molar-refractivity contribution in [3.05, 3.63) is 30.3 Å². The smallest absolute Gasteiger partial charge is 0.0366 e. The lowest BCUT2D eigenvalue weighted by Crippen LogP contribution is -2.37. The number of hydrogen-bond acceptors (Lipinski definition) is 2. The lowest BCUT2D eigenvalue weighted by atomic mass is 9.72. The monoisotopic (exact) mass is 260 g/mol. The summed E-state index contributed by atoms with van der Waals surface area (Å²) >= 11 is 0. The molecule has 0 atom stereocenters. The summed E-state index contributed by atoms with van der Waals surface area (Å²) in [4.78, 5) is 2.48. The average Bonchev–Trinajstić information content (AvgIpc) is 2.50. The van der Waals surface area contributed by atoms with Gasteiger partial charge in [0, 0.05) is 18.8 Å². The summed E-state index contributed by atoms with van der Waals surface area (Å²) in [6, 6.07) is 10.7. The van der Waals surface area contributed by atoms with Crippen molar-refractivity contribution in [2.75, 3.05) is 24.5 Å². The van der Waals surface area contributed by atoms with Crippen LogP contribution in [0.1, 0.15) is 45.4 Å². The van der Waals surface area contributed by atoms with E-state index in [4.69, 9.17) is 5.73 Å². The average molecular weight is 260 g/mol. The zero-order valence-electron chi connectivity index (χ0n) is 12.3. The van der Waals surface area contributed by atoms with Gasteiger partial charge in [0.25, 0.3) is 0 Å². The van der Waals surface area contributed by atoms with Crippen molar-refractivity contribution in [1.82, 2.24) is 0 Å². The molecule has 0 unspecified atom stereocenters. The molecule has 1 aliphatic carbocycles. The highest BCUT2D eigenvalue weighted by atomic mass is 15.1. The standard InChI is InChI=1S/C17H28N2/c1-2-19(16-9-5-3-6-10-16)14-13-17(15-18)11-7-4-8-12-17/h3,5-6,9-10H,2,4,7-8,11-15,18H2,1H3. The molecule has 1 aromatic carbocycles. The first-order valence-electron chi connectivity index (χ1n) is 7.80. The summed E-state index contributed by atoms with van der Waals surface area (Å²) in [5.41, 5.74) is 7.84. The van der Waals surface area contributed by atoms with Gasteiger partial charge in [0.1, 0.15) is 0 Å². The number of nitrogens with two attached hydrogens (primary N) is 1. The normalized spacial score (nSPS) is 18.2. The second-order valence-electron chi connectivity index (χ2n) is 5.93. The first-order chi connectivity index (χ1) is 9.29. The van der Waals surface area contributed by atoms with E-state index in [1.54, 1.807) is 0 Å². The van der Waals surface area contributed by atoms with Crippen LogP contribution in [0.4, 0.5) is 5.69 Å². The summed E-state index contributed by atoms with van der Waals surface area (Å²) in [6.07, 6.45) is 8.04. The lowest BCUT2D eigenvalue weighted by molar-refractivity contribution is 0.185. The maximum atomic E-state index is 6.09. The van der Waals surface area contributed by atoms with Gasteiger partial charge in [-0.25, -0.2) is 0 Å². The van der Waals surface area contributed by atoms with Gasteiger partial charge in [-0.1, -0.05) is 37.5 Å². The SMILES string of the molecule is CCN(CCC1(CN)CCCCC1)c1ccccc1. The number of para-hydroxylation sites is 1. The van der Waals surface area contributed by atoms with Crippen molar-refractivity contribution in [1.29, 1.82) is 0 Å². The zero-order valence-corrected chi connectivity index (χ0v) is 12.3. The zero-order chi connectivity index (χ0) is 13.6. The Hall–Kier alpha value is -1.02. The van der Waals surface area contributed by atoms with Crippen molar-refractivity contribution in [2.45, 2.75) is 45.4 Å². The van der Waals surface area contributed by atoms with Gasteiger partial charge in [-0.3, -0.25) is 0 Å². The molecule has 1 aliphatic rings. The van der Waals surface area contributed by atoms with Crippen LogP contribution in [0.5, 0.6) is 0 Å². The highest BCUT2D eigenvalue weighted by Gasteiger charge is 2.30. The van der Waals surface area contributed by atoms with Gasteiger partial charge in [0.15, 0.2) is 0 Å². The fourth-order valence-corrected chi connectivity index (χ4v) is 3.34. The number of hydrogen-bond donors (Lipinski definition) is 1. The molecular formula is C17H28N2. The van der Waals surface area contributed by atoms with Crippen LogP contribution in [-0.2, 0) is 0 Å².